The number of pyridine rings is 1. The van der Waals surface area contributed by atoms with Crippen molar-refractivity contribution in [1.29, 1.82) is 0 Å². The van der Waals surface area contributed by atoms with Gasteiger partial charge in [-0.3, -0.25) is 0 Å². The molecule has 2 atom stereocenters. The molecule has 1 saturated heterocycles. The first-order valence-electron chi connectivity index (χ1n) is 6.60. The Morgan fingerprint density at radius 2 is 2.05 bits per heavy atom. The van der Waals surface area contributed by atoms with Crippen molar-refractivity contribution >= 4 is 17.9 Å². The van der Waals surface area contributed by atoms with Crippen molar-refractivity contribution in [2.45, 2.75) is 20.8 Å². The maximum absolute atomic E-state index is 10.5. The lowest BCUT2D eigenvalue weighted by atomic mass is 10.0. The zero-order valence-corrected chi connectivity index (χ0v) is 11.6. The van der Waals surface area contributed by atoms with E-state index >= 15 is 0 Å². The minimum atomic E-state index is -0.941. The molecule has 0 aromatic carbocycles. The van der Waals surface area contributed by atoms with Gasteiger partial charge in [0.25, 0.3) is 0 Å². The summed E-state index contributed by atoms with van der Waals surface area (Å²) in [5.41, 5.74) is 1.91. The molecule has 1 aliphatic rings. The number of hydrogen-bond donors (Lipinski definition) is 1. The molecule has 0 radical (unpaired) electrons. The van der Waals surface area contributed by atoms with Gasteiger partial charge in [-0.25, -0.2) is 9.78 Å². The summed E-state index contributed by atoms with van der Waals surface area (Å²) < 4.78 is 0. The smallest absolute Gasteiger partial charge is 0.328 e. The van der Waals surface area contributed by atoms with Gasteiger partial charge in [0, 0.05) is 25.4 Å². The van der Waals surface area contributed by atoms with Gasteiger partial charge in [0.15, 0.2) is 0 Å². The van der Waals surface area contributed by atoms with Crippen LogP contribution in [0.25, 0.3) is 6.08 Å². The number of nitrogens with zero attached hydrogens (tertiary/aromatic N) is 2. The Balaban J connectivity index is 2.18. The highest BCUT2D eigenvalue weighted by Crippen LogP contribution is 2.28. The molecule has 2 rings (SSSR count). The number of carboxylic acid groups (broad SMARTS) is 1. The van der Waals surface area contributed by atoms with E-state index in [1.54, 1.807) is 12.3 Å². The third kappa shape index (κ3) is 3.13. The monoisotopic (exact) mass is 260 g/mol. The average molecular weight is 260 g/mol. The predicted molar refractivity (Wildman–Crippen MR) is 76.2 cm³/mol. The van der Waals surface area contributed by atoms with Gasteiger partial charge in [0.2, 0.25) is 0 Å². The van der Waals surface area contributed by atoms with Crippen LogP contribution in [-0.4, -0.2) is 29.1 Å². The number of anilines is 1. The van der Waals surface area contributed by atoms with Crippen molar-refractivity contribution in [3.63, 3.8) is 0 Å². The lowest BCUT2D eigenvalue weighted by Crippen LogP contribution is -2.21. The third-order valence-electron chi connectivity index (χ3n) is 3.78. The zero-order valence-electron chi connectivity index (χ0n) is 11.6. The fraction of sp³-hybridized carbons (Fsp3) is 0.467. The SMILES string of the molecule is Cc1cc(/C=C/C(=O)O)cnc1N1CC(C)C(C)C1. The van der Waals surface area contributed by atoms with Crippen LogP contribution >= 0.6 is 0 Å². The summed E-state index contributed by atoms with van der Waals surface area (Å²) in [4.78, 5) is 17.3. The lowest BCUT2D eigenvalue weighted by Gasteiger charge is -2.19. The summed E-state index contributed by atoms with van der Waals surface area (Å²) in [6.45, 7) is 8.64. The first kappa shape index (κ1) is 13.6. The molecule has 2 unspecified atom stereocenters. The maximum atomic E-state index is 10.5. The van der Waals surface area contributed by atoms with Gasteiger partial charge in [0.05, 0.1) is 0 Å². The molecule has 102 valence electrons. The molecule has 1 aromatic rings. The number of rotatable bonds is 3. The highest BCUT2D eigenvalue weighted by atomic mass is 16.4. The van der Waals surface area contributed by atoms with Crippen LogP contribution < -0.4 is 4.90 Å². The van der Waals surface area contributed by atoms with Gasteiger partial charge in [-0.05, 0) is 42.0 Å². The number of hydrogen-bond acceptors (Lipinski definition) is 3. The van der Waals surface area contributed by atoms with Gasteiger partial charge < -0.3 is 10.0 Å². The van der Waals surface area contributed by atoms with E-state index in [0.29, 0.717) is 11.8 Å². The molecular formula is C15H20N2O2. The van der Waals surface area contributed by atoms with E-state index in [0.717, 1.165) is 36.1 Å². The Hall–Kier alpha value is -1.84. The van der Waals surface area contributed by atoms with Crippen LogP contribution in [0.4, 0.5) is 5.82 Å². The van der Waals surface area contributed by atoms with Gasteiger partial charge in [-0.15, -0.1) is 0 Å². The Morgan fingerprint density at radius 1 is 1.42 bits per heavy atom. The summed E-state index contributed by atoms with van der Waals surface area (Å²) in [7, 11) is 0. The zero-order chi connectivity index (χ0) is 14.0. The van der Waals surface area contributed by atoms with Crippen LogP contribution in [0.3, 0.4) is 0 Å². The van der Waals surface area contributed by atoms with Crippen LogP contribution in [0.1, 0.15) is 25.0 Å². The topological polar surface area (TPSA) is 53.4 Å². The molecule has 4 nitrogen and oxygen atoms in total. The molecule has 0 bridgehead atoms. The summed E-state index contributed by atoms with van der Waals surface area (Å²) in [5, 5.41) is 8.61. The van der Waals surface area contributed by atoms with Crippen LogP contribution in [-0.2, 0) is 4.79 Å². The molecule has 1 N–H and O–H groups in total. The maximum Gasteiger partial charge on any atom is 0.328 e. The van der Waals surface area contributed by atoms with E-state index in [1.165, 1.54) is 0 Å². The third-order valence-corrected chi connectivity index (χ3v) is 3.78. The van der Waals surface area contributed by atoms with Crippen molar-refractivity contribution in [3.8, 4) is 0 Å². The normalized spacial score (nSPS) is 23.2. The van der Waals surface area contributed by atoms with Crippen LogP contribution in [0.2, 0.25) is 0 Å². The van der Waals surface area contributed by atoms with E-state index in [2.05, 4.69) is 23.7 Å². The number of aryl methyl sites for hydroxylation is 1. The van der Waals surface area contributed by atoms with E-state index in [4.69, 9.17) is 5.11 Å². The first-order valence-corrected chi connectivity index (χ1v) is 6.60. The minimum Gasteiger partial charge on any atom is -0.478 e. The van der Waals surface area contributed by atoms with E-state index in [-0.39, 0.29) is 0 Å². The number of aromatic nitrogens is 1. The predicted octanol–water partition coefficient (Wildman–Crippen LogP) is 2.58. The molecule has 0 saturated carbocycles. The van der Waals surface area contributed by atoms with E-state index in [9.17, 15) is 4.79 Å². The minimum absolute atomic E-state index is 0.688. The molecular weight excluding hydrogens is 240 g/mol. The van der Waals surface area contributed by atoms with E-state index < -0.39 is 5.97 Å². The fourth-order valence-corrected chi connectivity index (χ4v) is 2.48. The van der Waals surface area contributed by atoms with Crippen molar-refractivity contribution in [2.24, 2.45) is 11.8 Å². The molecule has 1 aliphatic heterocycles. The molecule has 1 fully saturated rings. The van der Waals surface area contributed by atoms with Gasteiger partial charge in [-0.1, -0.05) is 13.8 Å². The Morgan fingerprint density at radius 3 is 2.58 bits per heavy atom. The van der Waals surface area contributed by atoms with Gasteiger partial charge >= 0.3 is 5.97 Å². The van der Waals surface area contributed by atoms with Crippen molar-refractivity contribution < 1.29 is 9.90 Å². The standard InChI is InChI=1S/C15H20N2O2/c1-10-6-13(4-5-14(18)19)7-16-15(10)17-8-11(2)12(3)9-17/h4-7,11-12H,8-9H2,1-3H3,(H,18,19)/b5-4+. The Bertz CT molecular complexity index is 501. The lowest BCUT2D eigenvalue weighted by molar-refractivity contribution is -0.131. The second kappa shape index (κ2) is 5.43. The second-order valence-corrected chi connectivity index (χ2v) is 5.44. The first-order chi connectivity index (χ1) is 8.97. The highest BCUT2D eigenvalue weighted by Gasteiger charge is 2.27. The number of carboxylic acids is 1. The molecule has 0 spiro atoms. The summed E-state index contributed by atoms with van der Waals surface area (Å²) in [6, 6.07) is 1.98. The summed E-state index contributed by atoms with van der Waals surface area (Å²) in [6.07, 6.45) is 4.44. The second-order valence-electron chi connectivity index (χ2n) is 5.44. The quantitative estimate of drug-likeness (QED) is 0.849. The largest absolute Gasteiger partial charge is 0.478 e. The van der Waals surface area contributed by atoms with Crippen LogP contribution in [0.15, 0.2) is 18.3 Å². The van der Waals surface area contributed by atoms with E-state index in [1.807, 2.05) is 13.0 Å². The van der Waals surface area contributed by atoms with Crippen molar-refractivity contribution in [2.75, 3.05) is 18.0 Å². The Kier molecular flexibility index (Phi) is 3.88. The molecule has 0 amide bonds. The average Bonchev–Trinajstić information content (AvgIpc) is 2.67. The van der Waals surface area contributed by atoms with Crippen molar-refractivity contribution in [3.05, 3.63) is 29.5 Å². The molecule has 19 heavy (non-hydrogen) atoms. The van der Waals surface area contributed by atoms with Crippen LogP contribution in [0.5, 0.6) is 0 Å². The summed E-state index contributed by atoms with van der Waals surface area (Å²) >= 11 is 0. The van der Waals surface area contributed by atoms with Crippen molar-refractivity contribution in [1.82, 2.24) is 4.98 Å². The molecule has 1 aromatic heterocycles. The Labute approximate surface area is 113 Å². The van der Waals surface area contributed by atoms with Gasteiger partial charge in [-0.2, -0.15) is 0 Å². The number of aliphatic carboxylic acids is 1. The van der Waals surface area contributed by atoms with Gasteiger partial charge in [0.1, 0.15) is 5.82 Å². The number of carbonyl (C=O) groups is 1. The molecule has 2 heterocycles. The molecule has 4 heteroatoms. The highest BCUT2D eigenvalue weighted by molar-refractivity contribution is 5.85. The summed E-state index contributed by atoms with van der Waals surface area (Å²) in [5.74, 6) is 1.45. The molecule has 0 aliphatic carbocycles. The van der Waals surface area contributed by atoms with Crippen LogP contribution in [0, 0.1) is 18.8 Å². The fourth-order valence-electron chi connectivity index (χ4n) is 2.48.